The number of benzene rings is 2. The van der Waals surface area contributed by atoms with Gasteiger partial charge in [-0.3, -0.25) is 4.79 Å². The number of anilines is 1. The number of halogens is 1. The van der Waals surface area contributed by atoms with Gasteiger partial charge in [-0.1, -0.05) is 23.7 Å². The normalized spacial score (nSPS) is 10.4. The number of ether oxygens (including phenoxy) is 3. The Balaban J connectivity index is 1.73. The predicted molar refractivity (Wildman–Crippen MR) is 122 cm³/mol. The van der Waals surface area contributed by atoms with Crippen molar-refractivity contribution < 1.29 is 23.8 Å². The summed E-state index contributed by atoms with van der Waals surface area (Å²) in [5.41, 5.74) is 1.78. The van der Waals surface area contributed by atoms with Crippen LogP contribution < -0.4 is 14.8 Å². The zero-order valence-corrected chi connectivity index (χ0v) is 18.7. The summed E-state index contributed by atoms with van der Waals surface area (Å²) in [7, 11) is 0. The van der Waals surface area contributed by atoms with Gasteiger partial charge in [0.1, 0.15) is 22.1 Å². The number of esters is 1. The van der Waals surface area contributed by atoms with Crippen LogP contribution in [0.3, 0.4) is 0 Å². The van der Waals surface area contributed by atoms with Gasteiger partial charge >= 0.3 is 5.97 Å². The van der Waals surface area contributed by atoms with Crippen LogP contribution in [0.4, 0.5) is 5.00 Å². The maximum atomic E-state index is 12.6. The second-order valence-electron chi connectivity index (χ2n) is 6.32. The van der Waals surface area contributed by atoms with Crippen LogP contribution in [0.15, 0.2) is 53.9 Å². The molecule has 0 fully saturated rings. The molecule has 0 radical (unpaired) electrons. The second kappa shape index (κ2) is 10.8. The molecular formula is C23H22ClNO5S. The first-order valence-electron chi connectivity index (χ1n) is 9.71. The molecule has 31 heavy (non-hydrogen) atoms. The molecule has 0 aliphatic carbocycles. The quantitative estimate of drug-likeness (QED) is 0.418. The van der Waals surface area contributed by atoms with Gasteiger partial charge in [-0.2, -0.15) is 0 Å². The Morgan fingerprint density at radius 2 is 1.58 bits per heavy atom. The van der Waals surface area contributed by atoms with Gasteiger partial charge in [-0.15, -0.1) is 11.3 Å². The monoisotopic (exact) mass is 459 g/mol. The summed E-state index contributed by atoms with van der Waals surface area (Å²) in [5, 5.41) is 5.56. The van der Waals surface area contributed by atoms with Crippen molar-refractivity contribution in [2.75, 3.05) is 25.1 Å². The first kappa shape index (κ1) is 22.7. The van der Waals surface area contributed by atoms with Crippen LogP contribution in [0.1, 0.15) is 24.2 Å². The van der Waals surface area contributed by atoms with Gasteiger partial charge in [0.05, 0.1) is 13.2 Å². The van der Waals surface area contributed by atoms with Crippen molar-refractivity contribution in [3.8, 4) is 22.6 Å². The molecule has 0 spiro atoms. The molecule has 1 N–H and O–H groups in total. The van der Waals surface area contributed by atoms with Crippen molar-refractivity contribution in [1.82, 2.24) is 0 Å². The van der Waals surface area contributed by atoms with Crippen LogP contribution in [-0.4, -0.2) is 31.7 Å². The molecule has 0 bridgehead atoms. The van der Waals surface area contributed by atoms with Gasteiger partial charge in [0.25, 0.3) is 5.91 Å². The van der Waals surface area contributed by atoms with Gasteiger partial charge in [0.15, 0.2) is 6.61 Å². The average Bonchev–Trinajstić information content (AvgIpc) is 3.17. The number of carbonyl (C=O) groups excluding carboxylic acids is 2. The highest BCUT2D eigenvalue weighted by atomic mass is 35.5. The summed E-state index contributed by atoms with van der Waals surface area (Å²) in [6.07, 6.45) is 0. The van der Waals surface area contributed by atoms with Crippen molar-refractivity contribution in [3.05, 3.63) is 64.5 Å². The lowest BCUT2D eigenvalue weighted by Gasteiger charge is -2.10. The Labute approximate surface area is 189 Å². The van der Waals surface area contributed by atoms with Gasteiger partial charge < -0.3 is 19.5 Å². The Morgan fingerprint density at radius 3 is 2.19 bits per heavy atom. The first-order valence-corrected chi connectivity index (χ1v) is 11.0. The number of hydrogen-bond acceptors (Lipinski definition) is 6. The summed E-state index contributed by atoms with van der Waals surface area (Å²) >= 11 is 7.22. The Hall–Kier alpha value is -3.03. The molecule has 0 atom stereocenters. The first-order chi connectivity index (χ1) is 15.0. The van der Waals surface area contributed by atoms with Crippen molar-refractivity contribution in [2.45, 2.75) is 13.8 Å². The maximum absolute atomic E-state index is 12.6. The van der Waals surface area contributed by atoms with Crippen LogP contribution in [0.2, 0.25) is 5.02 Å². The van der Waals surface area contributed by atoms with Crippen molar-refractivity contribution in [1.29, 1.82) is 0 Å². The topological polar surface area (TPSA) is 73.9 Å². The van der Waals surface area contributed by atoms with Gasteiger partial charge in [0, 0.05) is 16.0 Å². The van der Waals surface area contributed by atoms with Gasteiger partial charge in [-0.05, 0) is 55.8 Å². The third-order valence-corrected chi connectivity index (χ3v) is 5.33. The molecule has 2 aromatic carbocycles. The lowest BCUT2D eigenvalue weighted by molar-refractivity contribution is -0.118. The van der Waals surface area contributed by atoms with Crippen LogP contribution in [0, 0.1) is 0 Å². The zero-order chi connectivity index (χ0) is 22.2. The molecule has 1 aromatic heterocycles. The van der Waals surface area contributed by atoms with E-state index in [4.69, 9.17) is 25.8 Å². The highest BCUT2D eigenvalue weighted by Crippen LogP contribution is 2.36. The molecule has 0 saturated heterocycles. The third kappa shape index (κ3) is 5.99. The molecule has 162 valence electrons. The number of amides is 1. The summed E-state index contributed by atoms with van der Waals surface area (Å²) < 4.78 is 16.1. The minimum Gasteiger partial charge on any atom is -0.494 e. The lowest BCUT2D eigenvalue weighted by Crippen LogP contribution is -2.21. The summed E-state index contributed by atoms with van der Waals surface area (Å²) in [6, 6.07) is 14.1. The van der Waals surface area contributed by atoms with Gasteiger partial charge in [0.2, 0.25) is 0 Å². The molecule has 0 saturated carbocycles. The molecule has 1 heterocycles. The highest BCUT2D eigenvalue weighted by molar-refractivity contribution is 7.15. The lowest BCUT2D eigenvalue weighted by atomic mass is 10.0. The molecule has 1 amide bonds. The SMILES string of the molecule is CCOC(=O)c1c(-c2ccc(Cl)cc2)csc1NC(=O)COc1ccc(OCC)cc1. The number of rotatable bonds is 9. The summed E-state index contributed by atoms with van der Waals surface area (Å²) in [6.45, 7) is 4.23. The number of carbonyl (C=O) groups is 2. The van der Waals surface area contributed by atoms with Crippen LogP contribution in [-0.2, 0) is 9.53 Å². The van der Waals surface area contributed by atoms with Crippen LogP contribution >= 0.6 is 22.9 Å². The second-order valence-corrected chi connectivity index (χ2v) is 7.64. The van der Waals surface area contributed by atoms with E-state index in [9.17, 15) is 9.59 Å². The van der Waals surface area contributed by atoms with Crippen molar-refractivity contribution >= 4 is 39.8 Å². The fraction of sp³-hybridized carbons (Fsp3) is 0.217. The molecule has 8 heteroatoms. The maximum Gasteiger partial charge on any atom is 0.341 e. The molecule has 0 aliphatic rings. The Kier molecular flexibility index (Phi) is 7.92. The van der Waals surface area contributed by atoms with E-state index < -0.39 is 5.97 Å². The fourth-order valence-corrected chi connectivity index (χ4v) is 3.91. The van der Waals surface area contributed by atoms with E-state index in [0.29, 0.717) is 33.5 Å². The number of nitrogens with one attached hydrogen (secondary N) is 1. The fourth-order valence-electron chi connectivity index (χ4n) is 2.81. The van der Waals surface area contributed by atoms with E-state index in [2.05, 4.69) is 5.32 Å². The number of thiophene rings is 1. The Bertz CT molecular complexity index is 1030. The smallest absolute Gasteiger partial charge is 0.341 e. The highest BCUT2D eigenvalue weighted by Gasteiger charge is 2.23. The molecule has 0 aliphatic heterocycles. The van der Waals surface area contributed by atoms with E-state index in [-0.39, 0.29) is 19.1 Å². The summed E-state index contributed by atoms with van der Waals surface area (Å²) in [5.74, 6) is 0.379. The van der Waals surface area contributed by atoms with Crippen molar-refractivity contribution in [3.63, 3.8) is 0 Å². The third-order valence-electron chi connectivity index (χ3n) is 4.18. The standard InChI is InChI=1S/C23H22ClNO5S/c1-3-28-17-9-11-18(12-10-17)30-13-20(26)25-22-21(23(27)29-4-2)19(14-31-22)15-5-7-16(24)8-6-15/h5-12,14H,3-4,13H2,1-2H3,(H,25,26). The minimum atomic E-state index is -0.503. The van der Waals surface area contributed by atoms with E-state index in [1.54, 1.807) is 48.7 Å². The van der Waals surface area contributed by atoms with Crippen LogP contribution in [0.5, 0.6) is 11.5 Å². The van der Waals surface area contributed by atoms with E-state index in [1.165, 1.54) is 11.3 Å². The predicted octanol–water partition coefficient (Wildman–Crippen LogP) is 5.66. The zero-order valence-electron chi connectivity index (χ0n) is 17.1. The van der Waals surface area contributed by atoms with Crippen LogP contribution in [0.25, 0.3) is 11.1 Å². The van der Waals surface area contributed by atoms with E-state index in [1.807, 2.05) is 19.1 Å². The average molecular weight is 460 g/mol. The molecule has 6 nitrogen and oxygen atoms in total. The molecule has 3 rings (SSSR count). The molecule has 0 unspecified atom stereocenters. The molecular weight excluding hydrogens is 438 g/mol. The van der Waals surface area contributed by atoms with E-state index >= 15 is 0 Å². The Morgan fingerprint density at radius 1 is 0.935 bits per heavy atom. The van der Waals surface area contributed by atoms with E-state index in [0.717, 1.165) is 11.3 Å². The van der Waals surface area contributed by atoms with Crippen molar-refractivity contribution in [2.24, 2.45) is 0 Å². The van der Waals surface area contributed by atoms with Gasteiger partial charge in [-0.25, -0.2) is 4.79 Å². The minimum absolute atomic E-state index is 0.204. The molecule has 3 aromatic rings. The largest absolute Gasteiger partial charge is 0.494 e. The summed E-state index contributed by atoms with van der Waals surface area (Å²) in [4.78, 5) is 25.1. The number of hydrogen-bond donors (Lipinski definition) is 1.